The first kappa shape index (κ1) is 15.4. The van der Waals surface area contributed by atoms with Crippen molar-refractivity contribution in [3.05, 3.63) is 22.3 Å². The summed E-state index contributed by atoms with van der Waals surface area (Å²) in [6, 6.07) is 0. The largest absolute Gasteiger partial charge is 0.309 e. The van der Waals surface area contributed by atoms with Crippen LogP contribution in [0.1, 0.15) is 48.0 Å². The third kappa shape index (κ3) is 4.52. The first-order valence-corrected chi connectivity index (χ1v) is 6.25. The molecule has 0 aromatic carbocycles. The fourth-order valence-electron chi connectivity index (χ4n) is 1.65. The van der Waals surface area contributed by atoms with Gasteiger partial charge in [0.25, 0.3) is 0 Å². The van der Waals surface area contributed by atoms with E-state index in [-0.39, 0.29) is 5.92 Å². The van der Waals surface area contributed by atoms with Crippen molar-refractivity contribution in [2.24, 2.45) is 11.8 Å². The van der Waals surface area contributed by atoms with Crippen LogP contribution in [0.4, 0.5) is 0 Å². The van der Waals surface area contributed by atoms with Gasteiger partial charge in [0.05, 0.1) is 0 Å². The summed E-state index contributed by atoms with van der Waals surface area (Å²) in [7, 11) is 0. The Labute approximate surface area is 105 Å². The highest BCUT2D eigenvalue weighted by Gasteiger charge is 2.12. The zero-order valence-corrected chi connectivity index (χ0v) is 12.1. The number of nitrogens with one attached hydrogen (secondary N) is 1. The lowest BCUT2D eigenvalue weighted by molar-refractivity contribution is 0.745. The Hall–Kier alpha value is -0.560. The predicted octanol–water partition coefficient (Wildman–Crippen LogP) is 5.17. The van der Waals surface area contributed by atoms with Crippen LogP contribution >= 0.6 is 11.6 Å². The monoisotopic (exact) mass is 241 g/mol. The lowest BCUT2D eigenvalue weighted by Crippen LogP contribution is -2.09. The number of allylic oxidation sites excluding steroid dienone is 4. The molecule has 0 rings (SSSR count). The van der Waals surface area contributed by atoms with Crippen LogP contribution in [-0.4, -0.2) is 5.71 Å². The standard InChI is InChI=1S/C14H24ClN/c1-7-14(13(6)16)8-9(2)10(3)11(4)12(5)15/h8,10,14,16H,7H2,1-6H3/b9-8-,12-11+,16-13?. The van der Waals surface area contributed by atoms with Gasteiger partial charge in [-0.1, -0.05) is 42.7 Å². The van der Waals surface area contributed by atoms with Crippen LogP contribution in [0.5, 0.6) is 0 Å². The number of hydrogen-bond donors (Lipinski definition) is 1. The summed E-state index contributed by atoms with van der Waals surface area (Å²) in [5, 5.41) is 8.57. The molecular weight excluding hydrogens is 218 g/mol. The molecule has 16 heavy (non-hydrogen) atoms. The van der Waals surface area contributed by atoms with E-state index >= 15 is 0 Å². The molecule has 0 heterocycles. The highest BCUT2D eigenvalue weighted by molar-refractivity contribution is 6.29. The molecule has 1 N–H and O–H groups in total. The number of hydrogen-bond acceptors (Lipinski definition) is 1. The Morgan fingerprint density at radius 2 is 1.75 bits per heavy atom. The van der Waals surface area contributed by atoms with Crippen LogP contribution in [0.2, 0.25) is 0 Å². The molecular formula is C14H24ClN. The van der Waals surface area contributed by atoms with Gasteiger partial charge < -0.3 is 5.41 Å². The Morgan fingerprint density at radius 3 is 2.06 bits per heavy atom. The van der Waals surface area contributed by atoms with E-state index in [0.717, 1.165) is 17.2 Å². The zero-order valence-electron chi connectivity index (χ0n) is 11.3. The molecule has 2 unspecified atom stereocenters. The summed E-state index contributed by atoms with van der Waals surface area (Å²) in [6.07, 6.45) is 3.19. The van der Waals surface area contributed by atoms with Gasteiger partial charge in [0.2, 0.25) is 0 Å². The molecule has 2 heteroatoms. The number of halogens is 1. The van der Waals surface area contributed by atoms with Crippen molar-refractivity contribution in [1.82, 2.24) is 0 Å². The van der Waals surface area contributed by atoms with E-state index in [0.29, 0.717) is 5.92 Å². The highest BCUT2D eigenvalue weighted by atomic mass is 35.5. The van der Waals surface area contributed by atoms with Crippen LogP contribution in [0, 0.1) is 17.2 Å². The normalized spacial score (nSPS) is 17.8. The van der Waals surface area contributed by atoms with Crippen molar-refractivity contribution in [3.8, 4) is 0 Å². The van der Waals surface area contributed by atoms with Crippen molar-refractivity contribution >= 4 is 17.3 Å². The molecule has 0 radical (unpaired) electrons. The Morgan fingerprint density at radius 1 is 1.25 bits per heavy atom. The van der Waals surface area contributed by atoms with Crippen LogP contribution in [-0.2, 0) is 0 Å². The molecule has 0 aromatic rings. The average Bonchev–Trinajstić information content (AvgIpc) is 2.22. The summed E-state index contributed by atoms with van der Waals surface area (Å²) in [5.41, 5.74) is 3.25. The second-order valence-corrected chi connectivity index (χ2v) is 5.11. The van der Waals surface area contributed by atoms with E-state index < -0.39 is 0 Å². The SMILES string of the molecule is CCC(/C=C(/C)C(C)/C(C)=C(\C)Cl)C(C)=N. The summed E-state index contributed by atoms with van der Waals surface area (Å²) < 4.78 is 0. The second kappa shape index (κ2) is 6.90. The second-order valence-electron chi connectivity index (χ2n) is 4.55. The molecule has 1 nitrogen and oxygen atoms in total. The topological polar surface area (TPSA) is 23.9 Å². The van der Waals surface area contributed by atoms with Crippen LogP contribution < -0.4 is 0 Å². The summed E-state index contributed by atoms with van der Waals surface area (Å²) >= 11 is 6.01. The molecule has 0 spiro atoms. The fraction of sp³-hybridized carbons (Fsp3) is 0.643. The molecule has 0 bridgehead atoms. The molecule has 0 saturated carbocycles. The lowest BCUT2D eigenvalue weighted by Gasteiger charge is -2.17. The minimum Gasteiger partial charge on any atom is -0.309 e. The molecule has 0 amide bonds. The maximum Gasteiger partial charge on any atom is 0.0145 e. The van der Waals surface area contributed by atoms with E-state index in [9.17, 15) is 0 Å². The predicted molar refractivity (Wildman–Crippen MR) is 74.3 cm³/mol. The third-order valence-corrected chi connectivity index (χ3v) is 3.63. The zero-order chi connectivity index (χ0) is 12.9. The molecule has 0 fully saturated rings. The minimum atomic E-state index is 0.269. The van der Waals surface area contributed by atoms with E-state index in [1.54, 1.807) is 0 Å². The summed E-state index contributed by atoms with van der Waals surface area (Å²) in [4.78, 5) is 0. The van der Waals surface area contributed by atoms with Crippen molar-refractivity contribution < 1.29 is 0 Å². The van der Waals surface area contributed by atoms with Gasteiger partial charge in [-0.2, -0.15) is 0 Å². The Balaban J connectivity index is 4.91. The van der Waals surface area contributed by atoms with Gasteiger partial charge in [-0.25, -0.2) is 0 Å². The van der Waals surface area contributed by atoms with E-state index in [1.807, 2.05) is 13.8 Å². The van der Waals surface area contributed by atoms with Crippen molar-refractivity contribution in [2.45, 2.75) is 48.0 Å². The maximum absolute atomic E-state index is 7.70. The van der Waals surface area contributed by atoms with Crippen molar-refractivity contribution in [1.29, 1.82) is 5.41 Å². The van der Waals surface area contributed by atoms with Gasteiger partial charge in [0.1, 0.15) is 0 Å². The molecule has 0 aliphatic heterocycles. The van der Waals surface area contributed by atoms with Crippen molar-refractivity contribution in [3.63, 3.8) is 0 Å². The maximum atomic E-state index is 7.70. The van der Waals surface area contributed by atoms with Gasteiger partial charge in [0.15, 0.2) is 0 Å². The number of rotatable bonds is 5. The summed E-state index contributed by atoms with van der Waals surface area (Å²) in [5.74, 6) is 0.636. The lowest BCUT2D eigenvalue weighted by atomic mass is 9.89. The van der Waals surface area contributed by atoms with E-state index in [1.165, 1.54) is 11.1 Å². The quantitative estimate of drug-likeness (QED) is 0.507. The molecule has 2 atom stereocenters. The molecule has 0 aromatic heterocycles. The smallest absolute Gasteiger partial charge is 0.0145 e. The van der Waals surface area contributed by atoms with Gasteiger partial charge in [-0.15, -0.1) is 0 Å². The van der Waals surface area contributed by atoms with Crippen LogP contribution in [0.25, 0.3) is 0 Å². The third-order valence-electron chi connectivity index (χ3n) is 3.34. The van der Waals surface area contributed by atoms with Crippen molar-refractivity contribution in [2.75, 3.05) is 0 Å². The van der Waals surface area contributed by atoms with Gasteiger partial charge in [-0.05, 0) is 40.0 Å². The molecule has 92 valence electrons. The van der Waals surface area contributed by atoms with Gasteiger partial charge in [0, 0.05) is 16.7 Å². The molecule has 0 aliphatic rings. The minimum absolute atomic E-state index is 0.269. The van der Waals surface area contributed by atoms with Crippen LogP contribution in [0.15, 0.2) is 22.3 Å². The van der Waals surface area contributed by atoms with Gasteiger partial charge in [-0.3, -0.25) is 0 Å². The molecule has 0 saturated heterocycles. The highest BCUT2D eigenvalue weighted by Crippen LogP contribution is 2.25. The van der Waals surface area contributed by atoms with Gasteiger partial charge >= 0.3 is 0 Å². The average molecular weight is 242 g/mol. The first-order valence-electron chi connectivity index (χ1n) is 5.87. The molecule has 0 aliphatic carbocycles. The Bertz CT molecular complexity index is 309. The van der Waals surface area contributed by atoms with Crippen LogP contribution in [0.3, 0.4) is 0 Å². The Kier molecular flexibility index (Phi) is 6.66. The van der Waals surface area contributed by atoms with E-state index in [4.69, 9.17) is 17.0 Å². The van der Waals surface area contributed by atoms with E-state index in [2.05, 4.69) is 33.8 Å². The first-order chi connectivity index (χ1) is 7.31. The summed E-state index contributed by atoms with van der Waals surface area (Å²) in [6.45, 7) is 12.3. The fourth-order valence-corrected chi connectivity index (χ4v) is 1.81.